The molecule has 1 nitrogen and oxygen atoms in total. The summed E-state index contributed by atoms with van der Waals surface area (Å²) in [4.78, 5) is 0. The van der Waals surface area contributed by atoms with E-state index in [9.17, 15) is 0 Å². The van der Waals surface area contributed by atoms with Gasteiger partial charge in [-0.2, -0.15) is 0 Å². The fourth-order valence-electron chi connectivity index (χ4n) is 4.48. The summed E-state index contributed by atoms with van der Waals surface area (Å²) in [5, 5.41) is 0. The van der Waals surface area contributed by atoms with Crippen molar-refractivity contribution in [2.24, 2.45) is 0 Å². The summed E-state index contributed by atoms with van der Waals surface area (Å²) in [5.41, 5.74) is 18.3. The normalized spacial score (nSPS) is 13.4. The van der Waals surface area contributed by atoms with Crippen LogP contribution < -0.4 is 5.73 Å². The van der Waals surface area contributed by atoms with Gasteiger partial charge >= 0.3 is 0 Å². The first-order valence-electron chi connectivity index (χ1n) is 10.2. The highest BCUT2D eigenvalue weighted by Crippen LogP contribution is 2.44. The van der Waals surface area contributed by atoms with Crippen LogP contribution in [0.5, 0.6) is 0 Å². The zero-order chi connectivity index (χ0) is 20.3. The fourth-order valence-corrected chi connectivity index (χ4v) is 4.48. The van der Waals surface area contributed by atoms with Crippen molar-refractivity contribution in [2.45, 2.75) is 58.8 Å². The van der Waals surface area contributed by atoms with Crippen LogP contribution in [0.4, 0.5) is 5.69 Å². The maximum atomic E-state index is 6.68. The number of hydrogen-bond donors (Lipinski definition) is 1. The highest BCUT2D eigenvalue weighted by Gasteiger charge is 2.27. The van der Waals surface area contributed by atoms with E-state index in [1.54, 1.807) is 0 Å². The summed E-state index contributed by atoms with van der Waals surface area (Å²) >= 11 is 0. The monoisotopic (exact) mass is 369 g/mol. The minimum atomic E-state index is 0.00100. The van der Waals surface area contributed by atoms with Gasteiger partial charge in [0, 0.05) is 5.69 Å². The Kier molecular flexibility index (Phi) is 4.19. The highest BCUT2D eigenvalue weighted by atomic mass is 14.6. The van der Waals surface area contributed by atoms with Crippen LogP contribution in [0.2, 0.25) is 0 Å². The predicted octanol–water partition coefficient (Wildman–Crippen LogP) is 7.10. The molecular formula is C27H31N. The minimum Gasteiger partial charge on any atom is -0.398 e. The average Bonchev–Trinajstić information content (AvgIpc) is 2.99. The third-order valence-corrected chi connectivity index (χ3v) is 5.96. The standard InChI is InChI=1S/C27H31N/c1-26(2,3)23-15-18(16-24(25(23)28)27(4,5)6)20-12-9-13-21-19-11-8-7-10-17(19)14-22(20)21/h7-13,15-16H,14,28H2,1-6H3. The van der Waals surface area contributed by atoms with Crippen molar-refractivity contribution < 1.29 is 0 Å². The molecule has 1 aliphatic rings. The van der Waals surface area contributed by atoms with Gasteiger partial charge in [0.15, 0.2) is 0 Å². The van der Waals surface area contributed by atoms with Crippen molar-refractivity contribution in [3.05, 3.63) is 76.9 Å². The molecule has 3 aromatic carbocycles. The van der Waals surface area contributed by atoms with Crippen molar-refractivity contribution in [3.63, 3.8) is 0 Å². The molecule has 0 fully saturated rings. The fraction of sp³-hybridized carbons (Fsp3) is 0.333. The lowest BCUT2D eigenvalue weighted by molar-refractivity contribution is 0.573. The number of nitrogen functional groups attached to an aromatic ring is 1. The molecule has 0 saturated carbocycles. The molecule has 0 heterocycles. The van der Waals surface area contributed by atoms with Crippen LogP contribution in [0.3, 0.4) is 0 Å². The van der Waals surface area contributed by atoms with Crippen molar-refractivity contribution in [3.8, 4) is 22.3 Å². The summed E-state index contributed by atoms with van der Waals surface area (Å²) in [6.07, 6.45) is 1.00. The van der Waals surface area contributed by atoms with Gasteiger partial charge in [0.2, 0.25) is 0 Å². The SMILES string of the molecule is CC(C)(C)c1cc(-c2cccc3c2Cc2ccccc2-3)cc(C(C)(C)C)c1N. The van der Waals surface area contributed by atoms with Gasteiger partial charge in [0.05, 0.1) is 0 Å². The molecule has 2 N–H and O–H groups in total. The molecule has 0 saturated heterocycles. The quantitative estimate of drug-likeness (QED) is 0.356. The first-order valence-corrected chi connectivity index (χ1v) is 10.2. The molecule has 0 bridgehead atoms. The van der Waals surface area contributed by atoms with E-state index in [1.807, 2.05) is 0 Å². The lowest BCUT2D eigenvalue weighted by Crippen LogP contribution is -2.20. The average molecular weight is 370 g/mol. The van der Waals surface area contributed by atoms with E-state index in [4.69, 9.17) is 5.73 Å². The van der Waals surface area contributed by atoms with E-state index < -0.39 is 0 Å². The van der Waals surface area contributed by atoms with Crippen molar-refractivity contribution in [2.75, 3.05) is 5.73 Å². The summed E-state index contributed by atoms with van der Waals surface area (Å²) in [6, 6.07) is 20.2. The zero-order valence-corrected chi connectivity index (χ0v) is 18.0. The largest absolute Gasteiger partial charge is 0.398 e. The molecule has 1 aliphatic carbocycles. The Bertz CT molecular complexity index is 1020. The third-order valence-electron chi connectivity index (χ3n) is 5.96. The molecular weight excluding hydrogens is 338 g/mol. The molecule has 144 valence electrons. The van der Waals surface area contributed by atoms with E-state index >= 15 is 0 Å². The van der Waals surface area contributed by atoms with Crippen LogP contribution in [-0.4, -0.2) is 0 Å². The van der Waals surface area contributed by atoms with Crippen LogP contribution >= 0.6 is 0 Å². The van der Waals surface area contributed by atoms with Crippen LogP contribution in [0.15, 0.2) is 54.6 Å². The topological polar surface area (TPSA) is 26.0 Å². The number of hydrogen-bond acceptors (Lipinski definition) is 1. The Labute approximate surface area is 169 Å². The molecule has 1 heteroatoms. The molecule has 0 unspecified atom stereocenters. The van der Waals surface area contributed by atoms with E-state index in [-0.39, 0.29) is 10.8 Å². The second kappa shape index (κ2) is 6.24. The third kappa shape index (κ3) is 3.03. The summed E-state index contributed by atoms with van der Waals surface area (Å²) < 4.78 is 0. The maximum absolute atomic E-state index is 6.68. The van der Waals surface area contributed by atoms with Gasteiger partial charge in [-0.05, 0) is 73.9 Å². The smallest absolute Gasteiger partial charge is 0.0390 e. The Hall–Kier alpha value is -2.54. The van der Waals surface area contributed by atoms with Crippen molar-refractivity contribution >= 4 is 5.69 Å². The Morgan fingerprint density at radius 3 is 1.82 bits per heavy atom. The summed E-state index contributed by atoms with van der Waals surface area (Å²) in [7, 11) is 0. The number of benzene rings is 3. The number of fused-ring (bicyclic) bond motifs is 3. The highest BCUT2D eigenvalue weighted by molar-refractivity contribution is 5.86. The Morgan fingerprint density at radius 1 is 0.679 bits per heavy atom. The molecule has 0 spiro atoms. The lowest BCUT2D eigenvalue weighted by atomic mass is 9.76. The van der Waals surface area contributed by atoms with E-state index in [2.05, 4.69) is 96.1 Å². The lowest BCUT2D eigenvalue weighted by Gasteiger charge is -2.29. The number of rotatable bonds is 1. The first-order chi connectivity index (χ1) is 13.1. The van der Waals surface area contributed by atoms with E-state index in [0.29, 0.717) is 0 Å². The number of nitrogens with two attached hydrogens (primary N) is 1. The molecule has 28 heavy (non-hydrogen) atoms. The number of anilines is 1. The Balaban J connectivity index is 1.97. The van der Waals surface area contributed by atoms with Crippen molar-refractivity contribution in [1.82, 2.24) is 0 Å². The maximum Gasteiger partial charge on any atom is 0.0390 e. The molecule has 0 radical (unpaired) electrons. The van der Waals surface area contributed by atoms with E-state index in [0.717, 1.165) is 12.1 Å². The molecule has 0 aliphatic heterocycles. The second-order valence-corrected chi connectivity index (χ2v) is 10.2. The molecule has 0 amide bonds. The molecule has 0 aromatic heterocycles. The molecule has 0 atom stereocenters. The minimum absolute atomic E-state index is 0.00100. The molecule has 3 aromatic rings. The van der Waals surface area contributed by atoms with Crippen LogP contribution in [-0.2, 0) is 17.3 Å². The first kappa shape index (κ1) is 18.8. The van der Waals surface area contributed by atoms with Gasteiger partial charge in [-0.25, -0.2) is 0 Å². The van der Waals surface area contributed by atoms with Gasteiger partial charge in [0.25, 0.3) is 0 Å². The summed E-state index contributed by atoms with van der Waals surface area (Å²) in [6.45, 7) is 13.5. The van der Waals surface area contributed by atoms with Gasteiger partial charge in [-0.15, -0.1) is 0 Å². The van der Waals surface area contributed by atoms with Gasteiger partial charge < -0.3 is 5.73 Å². The molecule has 4 rings (SSSR count). The van der Waals surface area contributed by atoms with Crippen LogP contribution in [0, 0.1) is 0 Å². The van der Waals surface area contributed by atoms with Crippen LogP contribution in [0.1, 0.15) is 63.8 Å². The Morgan fingerprint density at radius 2 is 1.21 bits per heavy atom. The predicted molar refractivity (Wildman–Crippen MR) is 122 cm³/mol. The van der Waals surface area contributed by atoms with Crippen molar-refractivity contribution in [1.29, 1.82) is 0 Å². The van der Waals surface area contributed by atoms with Gasteiger partial charge in [-0.1, -0.05) is 84.0 Å². The summed E-state index contributed by atoms with van der Waals surface area (Å²) in [5.74, 6) is 0. The van der Waals surface area contributed by atoms with E-state index in [1.165, 1.54) is 44.5 Å². The van der Waals surface area contributed by atoms with Gasteiger partial charge in [-0.3, -0.25) is 0 Å². The zero-order valence-electron chi connectivity index (χ0n) is 18.0. The van der Waals surface area contributed by atoms with Crippen LogP contribution in [0.25, 0.3) is 22.3 Å². The van der Waals surface area contributed by atoms with Gasteiger partial charge in [0.1, 0.15) is 0 Å². The second-order valence-electron chi connectivity index (χ2n) is 10.2.